The van der Waals surface area contributed by atoms with E-state index in [0.29, 0.717) is 19.6 Å². The van der Waals surface area contributed by atoms with E-state index in [4.69, 9.17) is 28.8 Å². The van der Waals surface area contributed by atoms with Crippen LogP contribution in [0.3, 0.4) is 0 Å². The zero-order chi connectivity index (χ0) is 14.4. The Hall–Kier alpha value is -0.770. The van der Waals surface area contributed by atoms with Crippen molar-refractivity contribution in [1.29, 1.82) is 0 Å². The lowest BCUT2D eigenvalue weighted by Gasteiger charge is -2.15. The normalized spacial score (nSPS) is 9.27. The minimum absolute atomic E-state index is 0. The molecule has 0 saturated carbocycles. The molecule has 0 fully saturated rings. The van der Waals surface area contributed by atoms with Crippen molar-refractivity contribution in [2.45, 2.75) is 0 Å². The first-order valence-corrected chi connectivity index (χ1v) is 6.08. The molecule has 0 radical (unpaired) electrons. The number of nitrogens with one attached hydrogen (secondary N) is 1. The summed E-state index contributed by atoms with van der Waals surface area (Å²) in [5.74, 6) is -0.485. The van der Waals surface area contributed by atoms with Crippen LogP contribution in [0.2, 0.25) is 5.15 Å². The van der Waals surface area contributed by atoms with Crippen molar-refractivity contribution >= 4 is 66.4 Å². The van der Waals surface area contributed by atoms with Gasteiger partial charge in [0.2, 0.25) is 0 Å². The molecule has 22 heavy (non-hydrogen) atoms. The Balaban J connectivity index is -0.00000120. The third-order valence-corrected chi connectivity index (χ3v) is 2.69. The average molecular weight is 397 g/mol. The standard InChI is InChI=1S/C10H18ClN7O.3ClH/c1-18(4-2-12)5-3-15-10(19)6-8(13)17-9(14)7(11)16-6;;;/h2-5,12H2,1H3,(H,15,19)(H4,13,14,17);3*1H. The van der Waals surface area contributed by atoms with Gasteiger partial charge in [-0.25, -0.2) is 9.97 Å². The number of halogens is 4. The Morgan fingerprint density at radius 1 is 1.18 bits per heavy atom. The Bertz CT molecular complexity index is 463. The van der Waals surface area contributed by atoms with Crippen molar-refractivity contribution in [3.05, 3.63) is 10.8 Å². The molecule has 1 aromatic heterocycles. The van der Waals surface area contributed by atoms with Gasteiger partial charge in [0.05, 0.1) is 0 Å². The van der Waals surface area contributed by atoms with Crippen LogP contribution in [0, 0.1) is 0 Å². The van der Waals surface area contributed by atoms with Crippen LogP contribution in [0.4, 0.5) is 11.6 Å². The Morgan fingerprint density at radius 2 is 1.77 bits per heavy atom. The quantitative estimate of drug-likeness (QED) is 0.538. The van der Waals surface area contributed by atoms with Gasteiger partial charge >= 0.3 is 0 Å². The lowest BCUT2D eigenvalue weighted by molar-refractivity contribution is 0.0946. The van der Waals surface area contributed by atoms with E-state index in [1.807, 2.05) is 11.9 Å². The molecule has 7 N–H and O–H groups in total. The average Bonchev–Trinajstić information content (AvgIpc) is 2.34. The molecular formula is C10H21Cl4N7O. The predicted octanol–water partition coefficient (Wildman–Crippen LogP) is 0.180. The van der Waals surface area contributed by atoms with Crippen LogP contribution in [0.5, 0.6) is 0 Å². The highest BCUT2D eigenvalue weighted by Crippen LogP contribution is 2.16. The lowest BCUT2D eigenvalue weighted by Crippen LogP contribution is -2.35. The van der Waals surface area contributed by atoms with E-state index in [2.05, 4.69) is 15.3 Å². The number of amides is 1. The molecule has 1 amide bonds. The predicted molar refractivity (Wildman–Crippen MR) is 96.5 cm³/mol. The summed E-state index contributed by atoms with van der Waals surface area (Å²) in [6, 6.07) is 0. The van der Waals surface area contributed by atoms with Gasteiger partial charge in [0, 0.05) is 26.2 Å². The van der Waals surface area contributed by atoms with Gasteiger partial charge in [-0.15, -0.1) is 37.2 Å². The topological polar surface area (TPSA) is 136 Å². The second-order valence-electron chi connectivity index (χ2n) is 3.98. The van der Waals surface area contributed by atoms with Crippen LogP contribution < -0.4 is 22.5 Å². The minimum atomic E-state index is -0.437. The van der Waals surface area contributed by atoms with Crippen LogP contribution in [0.1, 0.15) is 10.5 Å². The maximum atomic E-state index is 11.8. The fourth-order valence-electron chi connectivity index (χ4n) is 1.38. The number of nitrogens with two attached hydrogens (primary N) is 3. The van der Waals surface area contributed by atoms with Crippen LogP contribution >= 0.6 is 48.8 Å². The summed E-state index contributed by atoms with van der Waals surface area (Å²) in [4.78, 5) is 21.4. The first-order valence-electron chi connectivity index (χ1n) is 5.71. The molecule has 0 bridgehead atoms. The van der Waals surface area contributed by atoms with E-state index < -0.39 is 5.91 Å². The molecule has 0 atom stereocenters. The fraction of sp³-hybridized carbons (Fsp3) is 0.500. The largest absolute Gasteiger partial charge is 0.382 e. The van der Waals surface area contributed by atoms with Crippen LogP contribution in [0.25, 0.3) is 0 Å². The first-order chi connectivity index (χ1) is 8.95. The maximum Gasteiger partial charge on any atom is 0.273 e. The van der Waals surface area contributed by atoms with Gasteiger partial charge in [0.25, 0.3) is 5.91 Å². The molecule has 12 heteroatoms. The summed E-state index contributed by atoms with van der Waals surface area (Å²) < 4.78 is 0. The second-order valence-corrected chi connectivity index (χ2v) is 4.34. The van der Waals surface area contributed by atoms with E-state index in [0.717, 1.165) is 6.54 Å². The summed E-state index contributed by atoms with van der Waals surface area (Å²) in [7, 11) is 1.91. The highest BCUT2D eigenvalue weighted by atomic mass is 35.5. The zero-order valence-electron chi connectivity index (χ0n) is 11.9. The van der Waals surface area contributed by atoms with Gasteiger partial charge in [-0.2, -0.15) is 0 Å². The number of nitrogens with zero attached hydrogens (tertiary/aromatic N) is 3. The second kappa shape index (κ2) is 12.7. The van der Waals surface area contributed by atoms with Crippen molar-refractivity contribution in [3.8, 4) is 0 Å². The number of aromatic nitrogens is 2. The van der Waals surface area contributed by atoms with Crippen molar-refractivity contribution in [1.82, 2.24) is 20.2 Å². The van der Waals surface area contributed by atoms with Gasteiger partial charge in [-0.3, -0.25) is 4.79 Å². The van der Waals surface area contributed by atoms with Gasteiger partial charge in [-0.05, 0) is 7.05 Å². The highest BCUT2D eigenvalue weighted by Gasteiger charge is 2.15. The third kappa shape index (κ3) is 8.02. The fourth-order valence-corrected chi connectivity index (χ4v) is 1.51. The molecule has 0 aliphatic heterocycles. The minimum Gasteiger partial charge on any atom is -0.382 e. The Kier molecular flexibility index (Phi) is 15.1. The molecule has 1 rings (SSSR count). The van der Waals surface area contributed by atoms with Crippen LogP contribution in [-0.4, -0.2) is 54.0 Å². The third-order valence-electron chi connectivity index (χ3n) is 2.41. The number of carbonyl (C=O) groups is 1. The van der Waals surface area contributed by atoms with Crippen LogP contribution in [-0.2, 0) is 0 Å². The van der Waals surface area contributed by atoms with Gasteiger partial charge < -0.3 is 27.4 Å². The van der Waals surface area contributed by atoms with Gasteiger partial charge in [0.15, 0.2) is 22.5 Å². The van der Waals surface area contributed by atoms with Crippen molar-refractivity contribution in [2.24, 2.45) is 5.73 Å². The summed E-state index contributed by atoms with van der Waals surface area (Å²) in [5, 5.41) is 2.63. The Morgan fingerprint density at radius 3 is 2.32 bits per heavy atom. The number of rotatable bonds is 6. The Labute approximate surface area is 152 Å². The molecule has 0 aliphatic rings. The molecular weight excluding hydrogens is 376 g/mol. The molecule has 130 valence electrons. The molecule has 0 aliphatic carbocycles. The molecule has 1 aromatic rings. The van der Waals surface area contributed by atoms with E-state index >= 15 is 0 Å². The highest BCUT2D eigenvalue weighted by molar-refractivity contribution is 6.31. The molecule has 1 heterocycles. The molecule has 0 unspecified atom stereocenters. The molecule has 0 aromatic carbocycles. The summed E-state index contributed by atoms with van der Waals surface area (Å²) in [6.07, 6.45) is 0. The van der Waals surface area contributed by atoms with E-state index in [-0.39, 0.29) is 59.7 Å². The number of hydrogen-bond acceptors (Lipinski definition) is 7. The van der Waals surface area contributed by atoms with Gasteiger partial charge in [-0.1, -0.05) is 11.6 Å². The first kappa shape index (κ1) is 26.1. The molecule has 8 nitrogen and oxygen atoms in total. The summed E-state index contributed by atoms with van der Waals surface area (Å²) in [5.41, 5.74) is 16.4. The summed E-state index contributed by atoms with van der Waals surface area (Å²) >= 11 is 5.70. The number of nitrogen functional groups attached to an aromatic ring is 2. The zero-order valence-corrected chi connectivity index (χ0v) is 15.1. The van der Waals surface area contributed by atoms with Crippen molar-refractivity contribution < 1.29 is 4.79 Å². The molecule has 0 saturated heterocycles. The monoisotopic (exact) mass is 395 g/mol. The molecule has 0 spiro atoms. The SMILES string of the molecule is CN(CCN)CCNC(=O)c1nc(Cl)c(N)nc1N.Cl.Cl.Cl. The number of likely N-dealkylation sites (N-methyl/N-ethyl adjacent to an activating group) is 1. The lowest BCUT2D eigenvalue weighted by atomic mass is 10.3. The van der Waals surface area contributed by atoms with Gasteiger partial charge in [0.1, 0.15) is 0 Å². The van der Waals surface area contributed by atoms with Crippen molar-refractivity contribution in [3.63, 3.8) is 0 Å². The van der Waals surface area contributed by atoms with Crippen molar-refractivity contribution in [2.75, 3.05) is 44.7 Å². The summed E-state index contributed by atoms with van der Waals surface area (Å²) in [6.45, 7) is 2.43. The van der Waals surface area contributed by atoms with E-state index in [1.165, 1.54) is 0 Å². The smallest absolute Gasteiger partial charge is 0.273 e. The van der Waals surface area contributed by atoms with Crippen LogP contribution in [0.15, 0.2) is 0 Å². The maximum absolute atomic E-state index is 11.8. The number of anilines is 2. The number of carbonyl (C=O) groups excluding carboxylic acids is 1. The van der Waals surface area contributed by atoms with E-state index in [9.17, 15) is 4.79 Å². The number of hydrogen-bond donors (Lipinski definition) is 4. The van der Waals surface area contributed by atoms with E-state index in [1.54, 1.807) is 0 Å².